The largest absolute Gasteiger partial charge is 0.486 e. The standard InChI is InChI=1S/C14H16O3/c1-10-3-4-12(7-11(10)2)16-9-14-6-5-13(8-15)17-14/h3-7,15H,8-9H2,1-2H3. The minimum atomic E-state index is -0.0797. The number of aryl methyl sites for hydroxylation is 2. The van der Waals surface area contributed by atoms with Gasteiger partial charge in [-0.2, -0.15) is 0 Å². The Morgan fingerprint density at radius 3 is 2.47 bits per heavy atom. The van der Waals surface area contributed by atoms with Crippen molar-refractivity contribution in [2.24, 2.45) is 0 Å². The lowest BCUT2D eigenvalue weighted by atomic mass is 10.1. The van der Waals surface area contributed by atoms with Crippen LogP contribution >= 0.6 is 0 Å². The van der Waals surface area contributed by atoms with Gasteiger partial charge in [-0.1, -0.05) is 6.07 Å². The first kappa shape index (κ1) is 11.7. The molecule has 0 aliphatic carbocycles. The number of hydrogen-bond donors (Lipinski definition) is 1. The first-order valence-electron chi connectivity index (χ1n) is 5.57. The summed E-state index contributed by atoms with van der Waals surface area (Å²) in [5, 5.41) is 8.87. The van der Waals surface area contributed by atoms with E-state index in [1.165, 1.54) is 11.1 Å². The molecule has 0 amide bonds. The molecule has 2 rings (SSSR count). The van der Waals surface area contributed by atoms with E-state index in [2.05, 4.69) is 13.8 Å². The third-order valence-electron chi connectivity index (χ3n) is 2.73. The molecule has 1 aromatic heterocycles. The number of benzene rings is 1. The van der Waals surface area contributed by atoms with Gasteiger partial charge in [0, 0.05) is 0 Å². The van der Waals surface area contributed by atoms with Gasteiger partial charge in [0.25, 0.3) is 0 Å². The smallest absolute Gasteiger partial charge is 0.146 e. The minimum Gasteiger partial charge on any atom is -0.486 e. The van der Waals surface area contributed by atoms with Gasteiger partial charge >= 0.3 is 0 Å². The van der Waals surface area contributed by atoms with Crippen molar-refractivity contribution in [3.8, 4) is 5.75 Å². The van der Waals surface area contributed by atoms with Crippen LogP contribution in [-0.4, -0.2) is 5.11 Å². The van der Waals surface area contributed by atoms with E-state index in [0.29, 0.717) is 18.1 Å². The van der Waals surface area contributed by atoms with Crippen molar-refractivity contribution >= 4 is 0 Å². The number of aliphatic hydroxyl groups is 1. The highest BCUT2D eigenvalue weighted by Gasteiger charge is 2.02. The van der Waals surface area contributed by atoms with Crippen LogP contribution in [0.4, 0.5) is 0 Å². The van der Waals surface area contributed by atoms with Crippen molar-refractivity contribution in [2.75, 3.05) is 0 Å². The monoisotopic (exact) mass is 232 g/mol. The van der Waals surface area contributed by atoms with Crippen LogP contribution in [0, 0.1) is 13.8 Å². The second-order valence-electron chi connectivity index (χ2n) is 4.06. The minimum absolute atomic E-state index is 0.0797. The molecule has 0 unspecified atom stereocenters. The van der Waals surface area contributed by atoms with Gasteiger partial charge in [-0.3, -0.25) is 0 Å². The van der Waals surface area contributed by atoms with E-state index in [-0.39, 0.29) is 6.61 Å². The van der Waals surface area contributed by atoms with E-state index in [4.69, 9.17) is 14.3 Å². The summed E-state index contributed by atoms with van der Waals surface area (Å²) in [7, 11) is 0. The third kappa shape index (κ3) is 2.88. The molecule has 2 aromatic rings. The van der Waals surface area contributed by atoms with Crippen molar-refractivity contribution in [3.63, 3.8) is 0 Å². The molecule has 17 heavy (non-hydrogen) atoms. The number of rotatable bonds is 4. The summed E-state index contributed by atoms with van der Waals surface area (Å²) in [4.78, 5) is 0. The predicted octanol–water partition coefficient (Wildman–Crippen LogP) is 2.97. The lowest BCUT2D eigenvalue weighted by Gasteiger charge is -2.06. The Kier molecular flexibility index (Phi) is 3.49. The van der Waals surface area contributed by atoms with Crippen molar-refractivity contribution in [1.29, 1.82) is 0 Å². The fourth-order valence-electron chi connectivity index (χ4n) is 1.54. The van der Waals surface area contributed by atoms with E-state index in [0.717, 1.165) is 5.75 Å². The molecule has 0 atom stereocenters. The van der Waals surface area contributed by atoms with Gasteiger partial charge in [0.2, 0.25) is 0 Å². The fourth-order valence-corrected chi connectivity index (χ4v) is 1.54. The van der Waals surface area contributed by atoms with E-state index in [1.807, 2.05) is 24.3 Å². The van der Waals surface area contributed by atoms with E-state index >= 15 is 0 Å². The topological polar surface area (TPSA) is 42.6 Å². The van der Waals surface area contributed by atoms with E-state index in [1.54, 1.807) is 6.07 Å². The number of furan rings is 1. The second-order valence-corrected chi connectivity index (χ2v) is 4.06. The van der Waals surface area contributed by atoms with Crippen LogP contribution in [0.1, 0.15) is 22.6 Å². The highest BCUT2D eigenvalue weighted by atomic mass is 16.5. The lowest BCUT2D eigenvalue weighted by Crippen LogP contribution is -1.94. The van der Waals surface area contributed by atoms with Crippen LogP contribution in [0.25, 0.3) is 0 Å². The molecule has 0 saturated heterocycles. The van der Waals surface area contributed by atoms with E-state index in [9.17, 15) is 0 Å². The molecule has 0 saturated carbocycles. The molecule has 3 heteroatoms. The molecule has 1 N–H and O–H groups in total. The average Bonchev–Trinajstić information content (AvgIpc) is 2.79. The Morgan fingerprint density at radius 1 is 1.06 bits per heavy atom. The maximum absolute atomic E-state index is 8.87. The molecule has 1 aromatic carbocycles. The zero-order valence-corrected chi connectivity index (χ0v) is 10.1. The SMILES string of the molecule is Cc1ccc(OCc2ccc(CO)o2)cc1C. The predicted molar refractivity (Wildman–Crippen MR) is 64.9 cm³/mol. The molecule has 0 bridgehead atoms. The molecule has 0 spiro atoms. The molecule has 0 fully saturated rings. The van der Waals surface area contributed by atoms with Crippen LogP contribution in [0.5, 0.6) is 5.75 Å². The average molecular weight is 232 g/mol. The van der Waals surface area contributed by atoms with Crippen molar-refractivity contribution in [2.45, 2.75) is 27.1 Å². The number of ether oxygens (including phenoxy) is 1. The molecular weight excluding hydrogens is 216 g/mol. The van der Waals surface area contributed by atoms with Crippen molar-refractivity contribution < 1.29 is 14.3 Å². The van der Waals surface area contributed by atoms with Crippen molar-refractivity contribution in [1.82, 2.24) is 0 Å². The summed E-state index contributed by atoms with van der Waals surface area (Å²) in [6, 6.07) is 9.54. The summed E-state index contributed by atoms with van der Waals surface area (Å²) < 4.78 is 10.9. The Morgan fingerprint density at radius 2 is 1.82 bits per heavy atom. The Hall–Kier alpha value is -1.74. The summed E-state index contributed by atoms with van der Waals surface area (Å²) in [6.07, 6.45) is 0. The molecule has 1 heterocycles. The van der Waals surface area contributed by atoms with Crippen molar-refractivity contribution in [3.05, 3.63) is 53.0 Å². The summed E-state index contributed by atoms with van der Waals surface area (Å²) in [5.41, 5.74) is 2.45. The Balaban J connectivity index is 1.99. The van der Waals surface area contributed by atoms with Gasteiger partial charge in [0.15, 0.2) is 0 Å². The molecular formula is C14H16O3. The van der Waals surface area contributed by atoms with Gasteiger partial charge in [0.1, 0.15) is 30.5 Å². The quantitative estimate of drug-likeness (QED) is 0.881. The van der Waals surface area contributed by atoms with Crippen LogP contribution in [0.2, 0.25) is 0 Å². The first-order chi connectivity index (χ1) is 8.19. The first-order valence-corrected chi connectivity index (χ1v) is 5.57. The molecule has 0 aliphatic heterocycles. The zero-order chi connectivity index (χ0) is 12.3. The highest BCUT2D eigenvalue weighted by Crippen LogP contribution is 2.18. The Labute approximate surface area is 101 Å². The molecule has 0 radical (unpaired) electrons. The van der Waals surface area contributed by atoms with E-state index < -0.39 is 0 Å². The van der Waals surface area contributed by atoms with Gasteiger partial charge in [-0.25, -0.2) is 0 Å². The summed E-state index contributed by atoms with van der Waals surface area (Å²) in [6.45, 7) is 4.42. The second kappa shape index (κ2) is 5.06. The third-order valence-corrected chi connectivity index (χ3v) is 2.73. The molecule has 0 aliphatic rings. The molecule has 90 valence electrons. The van der Waals surface area contributed by atoms with Gasteiger partial charge < -0.3 is 14.3 Å². The van der Waals surface area contributed by atoms with Gasteiger partial charge in [-0.05, 0) is 49.2 Å². The maximum Gasteiger partial charge on any atom is 0.146 e. The highest BCUT2D eigenvalue weighted by molar-refractivity contribution is 5.33. The summed E-state index contributed by atoms with van der Waals surface area (Å²) >= 11 is 0. The van der Waals surface area contributed by atoms with Gasteiger partial charge in [-0.15, -0.1) is 0 Å². The maximum atomic E-state index is 8.87. The Bertz CT molecular complexity index is 500. The fraction of sp³-hybridized carbons (Fsp3) is 0.286. The van der Waals surface area contributed by atoms with Crippen LogP contribution < -0.4 is 4.74 Å². The number of hydrogen-bond acceptors (Lipinski definition) is 3. The number of aliphatic hydroxyl groups excluding tert-OH is 1. The van der Waals surface area contributed by atoms with Crippen LogP contribution in [0.3, 0.4) is 0 Å². The molecule has 3 nitrogen and oxygen atoms in total. The lowest BCUT2D eigenvalue weighted by molar-refractivity contribution is 0.225. The zero-order valence-electron chi connectivity index (χ0n) is 10.1. The van der Waals surface area contributed by atoms with Crippen LogP contribution in [-0.2, 0) is 13.2 Å². The van der Waals surface area contributed by atoms with Crippen LogP contribution in [0.15, 0.2) is 34.7 Å². The van der Waals surface area contributed by atoms with Gasteiger partial charge in [0.05, 0.1) is 0 Å². The summed E-state index contributed by atoms with van der Waals surface area (Å²) in [5.74, 6) is 2.10. The normalized spacial score (nSPS) is 10.5.